The van der Waals surface area contributed by atoms with Gasteiger partial charge >= 0.3 is 0 Å². The predicted molar refractivity (Wildman–Crippen MR) is 56.5 cm³/mol. The zero-order valence-corrected chi connectivity index (χ0v) is 9.06. The van der Waals surface area contributed by atoms with Crippen LogP contribution in [0.25, 0.3) is 0 Å². The summed E-state index contributed by atoms with van der Waals surface area (Å²) in [4.78, 5) is 9.97. The Morgan fingerprint density at radius 2 is 2.29 bits per heavy atom. The Labute approximate surface area is 93.3 Å². The van der Waals surface area contributed by atoms with Crippen LogP contribution in [0.5, 0.6) is 0 Å². The molecule has 5 nitrogen and oxygen atoms in total. The molecule has 0 bridgehead atoms. The Morgan fingerprint density at radius 1 is 1.64 bits per heavy atom. The van der Waals surface area contributed by atoms with Crippen molar-refractivity contribution < 1.29 is 10.0 Å². The third kappa shape index (κ3) is 1.83. The molecule has 0 aliphatic rings. The van der Waals surface area contributed by atoms with Crippen molar-refractivity contribution in [2.45, 2.75) is 6.61 Å². The van der Waals surface area contributed by atoms with Gasteiger partial charge in [-0.3, -0.25) is 10.1 Å². The Bertz CT molecular complexity index is 425. The van der Waals surface area contributed by atoms with E-state index in [4.69, 9.17) is 10.4 Å². The van der Waals surface area contributed by atoms with Crippen LogP contribution in [0.2, 0.25) is 0 Å². The lowest BCUT2D eigenvalue weighted by molar-refractivity contribution is -0.385. The van der Waals surface area contributed by atoms with E-state index < -0.39 is 4.92 Å². The number of nitriles is 1. The van der Waals surface area contributed by atoms with Gasteiger partial charge in [-0.1, -0.05) is 0 Å². The largest absolute Gasteiger partial charge is 0.392 e. The molecule has 0 saturated heterocycles. The summed E-state index contributed by atoms with van der Waals surface area (Å²) in [5, 5.41) is 28.1. The molecule has 0 aliphatic carbocycles. The van der Waals surface area contributed by atoms with Gasteiger partial charge in [0.1, 0.15) is 9.64 Å². The van der Waals surface area contributed by atoms with Crippen molar-refractivity contribution in [1.82, 2.24) is 0 Å². The second-order valence-corrected chi connectivity index (χ2v) is 3.54. The Hall–Kier alpha value is -1.20. The summed E-state index contributed by atoms with van der Waals surface area (Å²) in [5.41, 5.74) is 0.462. The Kier molecular flexibility index (Phi) is 3.38. The Morgan fingerprint density at radius 3 is 2.71 bits per heavy atom. The summed E-state index contributed by atoms with van der Waals surface area (Å²) >= 11 is 1.73. The van der Waals surface area contributed by atoms with E-state index in [2.05, 4.69) is 0 Å². The van der Waals surface area contributed by atoms with Crippen LogP contribution in [-0.4, -0.2) is 10.0 Å². The highest BCUT2D eigenvalue weighted by Crippen LogP contribution is 2.26. The van der Waals surface area contributed by atoms with Gasteiger partial charge in [0.05, 0.1) is 17.1 Å². The van der Waals surface area contributed by atoms with Gasteiger partial charge < -0.3 is 5.11 Å². The summed E-state index contributed by atoms with van der Waals surface area (Å²) in [6, 6.07) is 4.51. The number of aliphatic hydroxyl groups excluding tert-OH is 1. The number of nitro benzene ring substituents is 1. The number of nitrogens with zero attached hydrogens (tertiary/aromatic N) is 2. The molecule has 0 saturated carbocycles. The smallest absolute Gasteiger partial charge is 0.284 e. The predicted octanol–water partition coefficient (Wildman–Crippen LogP) is 1.56. The lowest BCUT2D eigenvalue weighted by Crippen LogP contribution is -1.98. The van der Waals surface area contributed by atoms with Crippen LogP contribution < -0.4 is 0 Å². The molecule has 6 heteroatoms. The van der Waals surface area contributed by atoms with E-state index in [1.54, 1.807) is 22.6 Å². The molecule has 1 N–H and O–H groups in total. The van der Waals surface area contributed by atoms with Gasteiger partial charge in [-0.25, -0.2) is 0 Å². The summed E-state index contributed by atoms with van der Waals surface area (Å²) in [5.74, 6) is 0. The standard InChI is InChI=1S/C8H5IN2O3/c9-8-6(3-10)5(4-12)1-2-7(8)11(13)14/h1-2,12H,4H2. The number of hydrogen-bond donors (Lipinski definition) is 1. The van der Waals surface area contributed by atoms with Gasteiger partial charge in [0.25, 0.3) is 5.69 Å². The van der Waals surface area contributed by atoms with Crippen LogP contribution >= 0.6 is 22.6 Å². The molecule has 1 rings (SSSR count). The van der Waals surface area contributed by atoms with Crippen LogP contribution in [0.15, 0.2) is 12.1 Å². The molecule has 0 unspecified atom stereocenters. The van der Waals surface area contributed by atoms with Crippen molar-refractivity contribution in [3.05, 3.63) is 36.9 Å². The zero-order chi connectivity index (χ0) is 10.7. The second kappa shape index (κ2) is 4.34. The molecule has 14 heavy (non-hydrogen) atoms. The highest BCUT2D eigenvalue weighted by molar-refractivity contribution is 14.1. The molecule has 0 fully saturated rings. The third-order valence-electron chi connectivity index (χ3n) is 1.69. The van der Waals surface area contributed by atoms with Crippen molar-refractivity contribution in [2.24, 2.45) is 0 Å². The van der Waals surface area contributed by atoms with Gasteiger partial charge in [-0.15, -0.1) is 0 Å². The molecule has 0 atom stereocenters. The summed E-state index contributed by atoms with van der Waals surface area (Å²) in [6.07, 6.45) is 0. The maximum Gasteiger partial charge on any atom is 0.284 e. The molecular formula is C8H5IN2O3. The van der Waals surface area contributed by atoms with Crippen molar-refractivity contribution >= 4 is 28.3 Å². The lowest BCUT2D eigenvalue weighted by atomic mass is 10.1. The van der Waals surface area contributed by atoms with Gasteiger partial charge in [0, 0.05) is 6.07 Å². The number of aliphatic hydroxyl groups is 1. The topological polar surface area (TPSA) is 87.2 Å². The highest BCUT2D eigenvalue weighted by Gasteiger charge is 2.17. The van der Waals surface area contributed by atoms with E-state index in [-0.39, 0.29) is 21.4 Å². The first kappa shape index (κ1) is 10.9. The van der Waals surface area contributed by atoms with Gasteiger partial charge in [-0.2, -0.15) is 5.26 Å². The van der Waals surface area contributed by atoms with E-state index in [1.807, 2.05) is 6.07 Å². The maximum absolute atomic E-state index is 10.5. The lowest BCUT2D eigenvalue weighted by Gasteiger charge is -2.02. The first-order chi connectivity index (χ1) is 6.61. The number of benzene rings is 1. The second-order valence-electron chi connectivity index (χ2n) is 2.46. The molecule has 0 aromatic heterocycles. The molecule has 1 aromatic rings. The first-order valence-corrected chi connectivity index (χ1v) is 4.66. The summed E-state index contributed by atoms with van der Waals surface area (Å²) in [6.45, 7) is -0.295. The fraction of sp³-hybridized carbons (Fsp3) is 0.125. The average molecular weight is 304 g/mol. The number of rotatable bonds is 2. The molecule has 0 radical (unpaired) electrons. The van der Waals surface area contributed by atoms with Crippen LogP contribution in [0.4, 0.5) is 5.69 Å². The van der Waals surface area contributed by atoms with E-state index >= 15 is 0 Å². The van der Waals surface area contributed by atoms with E-state index in [9.17, 15) is 10.1 Å². The van der Waals surface area contributed by atoms with Crippen LogP contribution in [0.1, 0.15) is 11.1 Å². The molecule has 0 amide bonds. The molecule has 72 valence electrons. The van der Waals surface area contributed by atoms with Crippen LogP contribution in [0.3, 0.4) is 0 Å². The normalized spacial score (nSPS) is 9.50. The SMILES string of the molecule is N#Cc1c(CO)ccc([N+](=O)[O-])c1I. The fourth-order valence-electron chi connectivity index (χ4n) is 0.999. The van der Waals surface area contributed by atoms with Crippen molar-refractivity contribution in [1.29, 1.82) is 5.26 Å². The third-order valence-corrected chi connectivity index (χ3v) is 2.78. The number of hydrogen-bond acceptors (Lipinski definition) is 4. The number of nitro groups is 1. The van der Waals surface area contributed by atoms with Gasteiger partial charge in [0.2, 0.25) is 0 Å². The fourth-order valence-corrected chi connectivity index (χ4v) is 1.84. The molecule has 0 heterocycles. The summed E-state index contributed by atoms with van der Waals surface area (Å²) in [7, 11) is 0. The number of halogens is 1. The molecule has 1 aromatic carbocycles. The monoisotopic (exact) mass is 304 g/mol. The minimum absolute atomic E-state index is 0.112. The molecule has 0 aliphatic heterocycles. The van der Waals surface area contributed by atoms with E-state index in [0.29, 0.717) is 5.56 Å². The van der Waals surface area contributed by atoms with E-state index in [0.717, 1.165) is 0 Å². The highest BCUT2D eigenvalue weighted by atomic mass is 127. The minimum Gasteiger partial charge on any atom is -0.392 e. The Balaban J connectivity index is 3.44. The van der Waals surface area contributed by atoms with Crippen LogP contribution in [-0.2, 0) is 6.61 Å². The van der Waals surface area contributed by atoms with Crippen molar-refractivity contribution in [3.63, 3.8) is 0 Å². The van der Waals surface area contributed by atoms with Gasteiger partial charge in [-0.05, 0) is 34.2 Å². The van der Waals surface area contributed by atoms with Crippen molar-refractivity contribution in [2.75, 3.05) is 0 Å². The maximum atomic E-state index is 10.5. The zero-order valence-electron chi connectivity index (χ0n) is 6.90. The first-order valence-electron chi connectivity index (χ1n) is 3.58. The van der Waals surface area contributed by atoms with Gasteiger partial charge in [0.15, 0.2) is 0 Å². The quantitative estimate of drug-likeness (QED) is 0.510. The summed E-state index contributed by atoms with van der Waals surface area (Å²) < 4.78 is 0.265. The minimum atomic E-state index is -0.552. The van der Waals surface area contributed by atoms with Crippen LogP contribution in [0, 0.1) is 25.0 Å². The van der Waals surface area contributed by atoms with E-state index in [1.165, 1.54) is 12.1 Å². The average Bonchev–Trinajstić information content (AvgIpc) is 2.16. The molecule has 0 spiro atoms. The molecular weight excluding hydrogens is 299 g/mol. The van der Waals surface area contributed by atoms with Crippen molar-refractivity contribution in [3.8, 4) is 6.07 Å².